The van der Waals surface area contributed by atoms with Gasteiger partial charge in [-0.15, -0.1) is 0 Å². The van der Waals surface area contributed by atoms with E-state index in [0.717, 1.165) is 6.08 Å². The van der Waals surface area contributed by atoms with Crippen LogP contribution in [0.25, 0.3) is 6.08 Å². The molecule has 0 aromatic heterocycles. The molecule has 0 saturated carbocycles. The van der Waals surface area contributed by atoms with Crippen LogP contribution in [0.5, 0.6) is 5.75 Å². The smallest absolute Gasteiger partial charge is 0.331 e. The van der Waals surface area contributed by atoms with Crippen molar-refractivity contribution < 1.29 is 27.5 Å². The van der Waals surface area contributed by atoms with Crippen LogP contribution in [0, 0.1) is 0 Å². The van der Waals surface area contributed by atoms with Crippen molar-refractivity contribution in [1.29, 1.82) is 0 Å². The van der Waals surface area contributed by atoms with E-state index in [9.17, 15) is 18.0 Å². The van der Waals surface area contributed by atoms with Crippen molar-refractivity contribution in [3.05, 3.63) is 29.8 Å². The van der Waals surface area contributed by atoms with Gasteiger partial charge in [-0.25, -0.2) is 17.9 Å². The number of nitrogens with one attached hydrogen (secondary N) is 2. The van der Waals surface area contributed by atoms with Gasteiger partial charge in [-0.1, -0.05) is 6.07 Å². The van der Waals surface area contributed by atoms with E-state index in [0.29, 0.717) is 5.56 Å². The SMILES string of the molecule is CNS(=O)(=O)c1cc(/C=C/C(=O)OCC(=O)NC(C)(C)C)ccc1OC. The van der Waals surface area contributed by atoms with Crippen LogP contribution in [-0.4, -0.2) is 46.6 Å². The lowest BCUT2D eigenvalue weighted by molar-refractivity contribution is -0.144. The molecule has 0 saturated heterocycles. The van der Waals surface area contributed by atoms with Gasteiger partial charge in [0.05, 0.1) is 7.11 Å². The maximum absolute atomic E-state index is 12.0. The number of amides is 1. The van der Waals surface area contributed by atoms with Gasteiger partial charge in [0, 0.05) is 11.6 Å². The van der Waals surface area contributed by atoms with Gasteiger partial charge in [0.15, 0.2) is 6.61 Å². The quantitative estimate of drug-likeness (QED) is 0.537. The number of methoxy groups -OCH3 is 1. The summed E-state index contributed by atoms with van der Waals surface area (Å²) in [6.07, 6.45) is 2.50. The molecule has 0 aliphatic carbocycles. The second-order valence-electron chi connectivity index (χ2n) is 6.36. The van der Waals surface area contributed by atoms with Gasteiger partial charge in [0.25, 0.3) is 5.91 Å². The van der Waals surface area contributed by atoms with E-state index in [2.05, 4.69) is 10.0 Å². The zero-order valence-corrected chi connectivity index (χ0v) is 16.3. The second-order valence-corrected chi connectivity index (χ2v) is 8.21. The van der Waals surface area contributed by atoms with E-state index < -0.39 is 34.0 Å². The van der Waals surface area contributed by atoms with E-state index in [4.69, 9.17) is 9.47 Å². The molecule has 0 fully saturated rings. The Morgan fingerprint density at radius 3 is 2.42 bits per heavy atom. The van der Waals surface area contributed by atoms with Crippen LogP contribution in [0.2, 0.25) is 0 Å². The first-order valence-corrected chi connectivity index (χ1v) is 9.24. The Kier molecular flexibility index (Phi) is 7.34. The third-order valence-corrected chi connectivity index (χ3v) is 4.45. The molecule has 0 atom stereocenters. The second kappa shape index (κ2) is 8.81. The van der Waals surface area contributed by atoms with Gasteiger partial charge in [0.1, 0.15) is 10.6 Å². The summed E-state index contributed by atoms with van der Waals surface area (Å²) in [6, 6.07) is 4.43. The van der Waals surface area contributed by atoms with Crippen molar-refractivity contribution in [2.24, 2.45) is 0 Å². The van der Waals surface area contributed by atoms with Crippen LogP contribution < -0.4 is 14.8 Å². The van der Waals surface area contributed by atoms with Gasteiger partial charge in [0.2, 0.25) is 10.0 Å². The number of benzene rings is 1. The molecule has 1 rings (SSSR count). The normalized spacial score (nSPS) is 12.0. The Balaban J connectivity index is 2.81. The fourth-order valence-corrected chi connectivity index (χ4v) is 2.85. The lowest BCUT2D eigenvalue weighted by atomic mass is 10.1. The van der Waals surface area contributed by atoms with Crippen LogP contribution in [0.4, 0.5) is 0 Å². The van der Waals surface area contributed by atoms with E-state index >= 15 is 0 Å². The Morgan fingerprint density at radius 1 is 1.23 bits per heavy atom. The first-order chi connectivity index (χ1) is 12.0. The minimum atomic E-state index is -3.72. The Labute approximate surface area is 153 Å². The highest BCUT2D eigenvalue weighted by atomic mass is 32.2. The number of hydrogen-bond donors (Lipinski definition) is 2. The standard InChI is InChI=1S/C17H24N2O6S/c1-17(2,3)19-15(20)11-25-16(21)9-7-12-6-8-13(24-5)14(10-12)26(22,23)18-4/h6-10,18H,11H2,1-5H3,(H,19,20)/b9-7+. The summed E-state index contributed by atoms with van der Waals surface area (Å²) in [4.78, 5) is 23.2. The van der Waals surface area contributed by atoms with Crippen LogP contribution >= 0.6 is 0 Å². The Bertz CT molecular complexity index is 794. The van der Waals surface area contributed by atoms with Crippen LogP contribution in [0.1, 0.15) is 26.3 Å². The fraction of sp³-hybridized carbons (Fsp3) is 0.412. The average molecular weight is 384 g/mol. The number of rotatable bonds is 7. The number of ether oxygens (including phenoxy) is 2. The molecule has 0 aliphatic heterocycles. The average Bonchev–Trinajstić information content (AvgIpc) is 2.56. The van der Waals surface area contributed by atoms with Gasteiger partial charge in [-0.2, -0.15) is 0 Å². The third kappa shape index (κ3) is 6.85. The van der Waals surface area contributed by atoms with E-state index in [1.807, 2.05) is 20.8 Å². The van der Waals surface area contributed by atoms with E-state index in [1.165, 1.54) is 32.4 Å². The molecule has 1 amide bonds. The van der Waals surface area contributed by atoms with E-state index in [-0.39, 0.29) is 10.6 Å². The van der Waals surface area contributed by atoms with Gasteiger partial charge < -0.3 is 14.8 Å². The zero-order chi connectivity index (χ0) is 20.0. The third-order valence-electron chi connectivity index (χ3n) is 3.02. The van der Waals surface area contributed by atoms with Crippen LogP contribution in [0.15, 0.2) is 29.2 Å². The first-order valence-electron chi connectivity index (χ1n) is 7.76. The molecule has 8 nitrogen and oxygen atoms in total. The largest absolute Gasteiger partial charge is 0.495 e. The highest BCUT2D eigenvalue weighted by Crippen LogP contribution is 2.25. The summed E-state index contributed by atoms with van der Waals surface area (Å²) in [5, 5.41) is 2.66. The molecule has 0 spiro atoms. The van der Waals surface area contributed by atoms with Crippen LogP contribution in [-0.2, 0) is 24.3 Å². The van der Waals surface area contributed by atoms with Gasteiger partial charge in [-0.3, -0.25) is 4.79 Å². The molecule has 0 aliphatic rings. The Hall–Kier alpha value is -2.39. The summed E-state index contributed by atoms with van der Waals surface area (Å²) >= 11 is 0. The molecule has 0 radical (unpaired) electrons. The summed E-state index contributed by atoms with van der Waals surface area (Å²) in [5.74, 6) is -0.952. The lowest BCUT2D eigenvalue weighted by Crippen LogP contribution is -2.42. The number of sulfonamides is 1. The van der Waals surface area contributed by atoms with Crippen molar-refractivity contribution >= 4 is 28.0 Å². The molecular weight excluding hydrogens is 360 g/mol. The maximum atomic E-state index is 12.0. The predicted octanol–water partition coefficient (Wildman–Crippen LogP) is 1.07. The van der Waals surface area contributed by atoms with Crippen molar-refractivity contribution in [2.45, 2.75) is 31.2 Å². The monoisotopic (exact) mass is 384 g/mol. The van der Waals surface area contributed by atoms with Crippen molar-refractivity contribution in [1.82, 2.24) is 10.0 Å². The summed E-state index contributed by atoms with van der Waals surface area (Å²) in [7, 11) is -1.07. The van der Waals surface area contributed by atoms with Crippen molar-refractivity contribution in [3.8, 4) is 5.75 Å². The number of hydrogen-bond acceptors (Lipinski definition) is 6. The lowest BCUT2D eigenvalue weighted by Gasteiger charge is -2.20. The molecule has 0 unspecified atom stereocenters. The van der Waals surface area contributed by atoms with E-state index in [1.54, 1.807) is 6.07 Å². The minimum absolute atomic E-state index is 0.0532. The molecular formula is C17H24N2O6S. The van der Waals surface area contributed by atoms with Crippen molar-refractivity contribution in [2.75, 3.05) is 20.8 Å². The molecule has 2 N–H and O–H groups in total. The highest BCUT2D eigenvalue weighted by molar-refractivity contribution is 7.89. The summed E-state index contributed by atoms with van der Waals surface area (Å²) in [5.41, 5.74) is 0.0354. The summed E-state index contributed by atoms with van der Waals surface area (Å²) < 4.78 is 36.1. The highest BCUT2D eigenvalue weighted by Gasteiger charge is 2.18. The molecule has 144 valence electrons. The fourth-order valence-electron chi connectivity index (χ4n) is 1.92. The number of esters is 1. The molecule has 1 aromatic carbocycles. The Morgan fingerprint density at radius 2 is 1.88 bits per heavy atom. The van der Waals surface area contributed by atoms with Gasteiger partial charge >= 0.3 is 5.97 Å². The predicted molar refractivity (Wildman–Crippen MR) is 97.1 cm³/mol. The zero-order valence-electron chi connectivity index (χ0n) is 15.5. The number of carbonyl (C=O) groups is 2. The summed E-state index contributed by atoms with van der Waals surface area (Å²) in [6.45, 7) is 5.04. The topological polar surface area (TPSA) is 111 Å². The molecule has 1 aromatic rings. The van der Waals surface area contributed by atoms with Crippen molar-refractivity contribution in [3.63, 3.8) is 0 Å². The molecule has 0 heterocycles. The maximum Gasteiger partial charge on any atom is 0.331 e. The first kappa shape index (κ1) is 21.7. The molecule has 9 heteroatoms. The van der Waals surface area contributed by atoms with Crippen LogP contribution in [0.3, 0.4) is 0 Å². The number of carbonyl (C=O) groups excluding carboxylic acids is 2. The van der Waals surface area contributed by atoms with Gasteiger partial charge in [-0.05, 0) is 51.6 Å². The molecule has 0 bridgehead atoms. The molecule has 26 heavy (non-hydrogen) atoms. The minimum Gasteiger partial charge on any atom is -0.495 e.